The average molecular weight is 257 g/mol. The summed E-state index contributed by atoms with van der Waals surface area (Å²) in [7, 11) is 2.01. The molecule has 0 spiro atoms. The fraction of sp³-hybridized carbons (Fsp3) is 1.00. The molecule has 2 heteroatoms. The summed E-state index contributed by atoms with van der Waals surface area (Å²) in [6.07, 6.45) is 14.8. The third-order valence-electron chi connectivity index (χ3n) is 3.46. The SMILES string of the molecule is CCCCCCCCCC(NC)OCCCCC. The quantitative estimate of drug-likeness (QED) is 0.354. The van der Waals surface area contributed by atoms with Crippen molar-refractivity contribution in [1.29, 1.82) is 0 Å². The van der Waals surface area contributed by atoms with Crippen LogP contribution in [0.15, 0.2) is 0 Å². The van der Waals surface area contributed by atoms with Gasteiger partial charge in [-0.05, 0) is 26.3 Å². The van der Waals surface area contributed by atoms with E-state index in [0.29, 0.717) is 0 Å². The molecule has 0 fully saturated rings. The Labute approximate surface area is 115 Å². The van der Waals surface area contributed by atoms with Gasteiger partial charge in [0.1, 0.15) is 6.23 Å². The summed E-state index contributed by atoms with van der Waals surface area (Å²) in [5, 5.41) is 3.27. The van der Waals surface area contributed by atoms with Crippen LogP contribution >= 0.6 is 0 Å². The highest BCUT2D eigenvalue weighted by atomic mass is 16.5. The molecule has 0 heterocycles. The minimum Gasteiger partial charge on any atom is -0.363 e. The Kier molecular flexibility index (Phi) is 14.9. The maximum absolute atomic E-state index is 5.83. The number of hydrogen-bond acceptors (Lipinski definition) is 2. The molecule has 2 nitrogen and oxygen atoms in total. The van der Waals surface area contributed by atoms with Crippen LogP contribution in [0.5, 0.6) is 0 Å². The van der Waals surface area contributed by atoms with E-state index in [9.17, 15) is 0 Å². The first-order valence-corrected chi connectivity index (χ1v) is 8.14. The Bertz CT molecular complexity index is 150. The van der Waals surface area contributed by atoms with Crippen LogP contribution in [0.2, 0.25) is 0 Å². The van der Waals surface area contributed by atoms with E-state index in [1.807, 2.05) is 7.05 Å². The molecule has 0 rings (SSSR count). The van der Waals surface area contributed by atoms with Crippen molar-refractivity contribution in [2.75, 3.05) is 13.7 Å². The molecule has 1 atom stereocenters. The summed E-state index contributed by atoms with van der Waals surface area (Å²) in [5.74, 6) is 0. The van der Waals surface area contributed by atoms with Crippen LogP contribution in [0.3, 0.4) is 0 Å². The molecule has 0 amide bonds. The standard InChI is InChI=1S/C16H35NO/c1-4-6-8-9-10-11-12-14-16(17-3)18-15-13-7-5-2/h16-17H,4-15H2,1-3H3. The molecule has 1 N–H and O–H groups in total. The van der Waals surface area contributed by atoms with E-state index in [1.165, 1.54) is 64.2 Å². The van der Waals surface area contributed by atoms with Gasteiger partial charge in [-0.15, -0.1) is 0 Å². The third-order valence-corrected chi connectivity index (χ3v) is 3.46. The van der Waals surface area contributed by atoms with Crippen molar-refractivity contribution in [3.8, 4) is 0 Å². The van der Waals surface area contributed by atoms with Crippen molar-refractivity contribution < 1.29 is 4.74 Å². The number of hydrogen-bond donors (Lipinski definition) is 1. The van der Waals surface area contributed by atoms with E-state index in [2.05, 4.69) is 19.2 Å². The molecule has 0 aliphatic carbocycles. The van der Waals surface area contributed by atoms with E-state index < -0.39 is 0 Å². The van der Waals surface area contributed by atoms with Gasteiger partial charge in [-0.25, -0.2) is 0 Å². The zero-order valence-electron chi connectivity index (χ0n) is 13.0. The smallest absolute Gasteiger partial charge is 0.107 e. The molecular formula is C16H35NO. The molecule has 0 aliphatic heterocycles. The van der Waals surface area contributed by atoms with Gasteiger partial charge in [-0.1, -0.05) is 65.2 Å². The highest BCUT2D eigenvalue weighted by Crippen LogP contribution is 2.10. The first-order chi connectivity index (χ1) is 8.85. The molecule has 0 saturated heterocycles. The van der Waals surface area contributed by atoms with Gasteiger partial charge in [0, 0.05) is 6.61 Å². The zero-order valence-corrected chi connectivity index (χ0v) is 13.0. The Morgan fingerprint density at radius 1 is 0.778 bits per heavy atom. The third kappa shape index (κ3) is 12.4. The normalized spacial score (nSPS) is 12.8. The van der Waals surface area contributed by atoms with E-state index in [1.54, 1.807) is 0 Å². The first kappa shape index (κ1) is 17.9. The Morgan fingerprint density at radius 2 is 1.33 bits per heavy atom. The summed E-state index contributed by atoms with van der Waals surface area (Å²) >= 11 is 0. The van der Waals surface area contributed by atoms with Crippen LogP contribution in [-0.4, -0.2) is 19.9 Å². The number of unbranched alkanes of at least 4 members (excludes halogenated alkanes) is 8. The zero-order chi connectivity index (χ0) is 13.5. The van der Waals surface area contributed by atoms with Crippen LogP contribution in [-0.2, 0) is 4.74 Å². The monoisotopic (exact) mass is 257 g/mol. The second-order valence-corrected chi connectivity index (χ2v) is 5.27. The lowest BCUT2D eigenvalue weighted by molar-refractivity contribution is 0.0255. The molecule has 0 aliphatic rings. The Balaban J connectivity index is 3.27. The summed E-state index contributed by atoms with van der Waals surface area (Å²) in [4.78, 5) is 0. The van der Waals surface area contributed by atoms with E-state index >= 15 is 0 Å². The number of rotatable bonds is 14. The van der Waals surface area contributed by atoms with Crippen molar-refractivity contribution in [3.05, 3.63) is 0 Å². The average Bonchev–Trinajstić information content (AvgIpc) is 2.40. The van der Waals surface area contributed by atoms with Gasteiger partial charge >= 0.3 is 0 Å². The highest BCUT2D eigenvalue weighted by molar-refractivity contribution is 4.54. The molecule has 0 aromatic heterocycles. The Hall–Kier alpha value is -0.0800. The number of ether oxygens (including phenoxy) is 1. The van der Waals surface area contributed by atoms with Crippen LogP contribution < -0.4 is 5.32 Å². The van der Waals surface area contributed by atoms with Crippen molar-refractivity contribution >= 4 is 0 Å². The second kappa shape index (κ2) is 15.0. The molecule has 110 valence electrons. The van der Waals surface area contributed by atoms with E-state index in [0.717, 1.165) is 13.0 Å². The minimum absolute atomic E-state index is 0.275. The predicted octanol–water partition coefficient (Wildman–Crippen LogP) is 4.88. The van der Waals surface area contributed by atoms with Gasteiger partial charge < -0.3 is 4.74 Å². The topological polar surface area (TPSA) is 21.3 Å². The molecule has 18 heavy (non-hydrogen) atoms. The van der Waals surface area contributed by atoms with Crippen molar-refractivity contribution in [2.24, 2.45) is 0 Å². The lowest BCUT2D eigenvalue weighted by Crippen LogP contribution is -2.28. The fourth-order valence-electron chi connectivity index (χ4n) is 2.18. The highest BCUT2D eigenvalue weighted by Gasteiger charge is 2.04. The molecule has 0 radical (unpaired) electrons. The predicted molar refractivity (Wildman–Crippen MR) is 80.9 cm³/mol. The van der Waals surface area contributed by atoms with Gasteiger partial charge in [0.25, 0.3) is 0 Å². The van der Waals surface area contributed by atoms with E-state index in [4.69, 9.17) is 4.74 Å². The fourth-order valence-corrected chi connectivity index (χ4v) is 2.18. The van der Waals surface area contributed by atoms with E-state index in [-0.39, 0.29) is 6.23 Å². The van der Waals surface area contributed by atoms with Gasteiger partial charge in [0.15, 0.2) is 0 Å². The summed E-state index contributed by atoms with van der Waals surface area (Å²) < 4.78 is 5.83. The molecule has 0 saturated carbocycles. The second-order valence-electron chi connectivity index (χ2n) is 5.27. The van der Waals surface area contributed by atoms with Gasteiger partial charge in [-0.3, -0.25) is 5.32 Å². The van der Waals surface area contributed by atoms with Gasteiger partial charge in [0.05, 0.1) is 0 Å². The van der Waals surface area contributed by atoms with Crippen molar-refractivity contribution in [1.82, 2.24) is 5.32 Å². The maximum Gasteiger partial charge on any atom is 0.107 e. The lowest BCUT2D eigenvalue weighted by atomic mass is 10.1. The van der Waals surface area contributed by atoms with Gasteiger partial charge in [0.2, 0.25) is 0 Å². The lowest BCUT2D eigenvalue weighted by Gasteiger charge is -2.17. The Morgan fingerprint density at radius 3 is 1.94 bits per heavy atom. The molecule has 0 bridgehead atoms. The van der Waals surface area contributed by atoms with Crippen molar-refractivity contribution in [3.63, 3.8) is 0 Å². The van der Waals surface area contributed by atoms with Crippen LogP contribution in [0.1, 0.15) is 84.5 Å². The summed E-state index contributed by atoms with van der Waals surface area (Å²) in [6.45, 7) is 5.41. The van der Waals surface area contributed by atoms with Crippen LogP contribution in [0.4, 0.5) is 0 Å². The number of nitrogens with one attached hydrogen (secondary N) is 1. The minimum atomic E-state index is 0.275. The molecule has 0 aromatic carbocycles. The summed E-state index contributed by atoms with van der Waals surface area (Å²) in [6, 6.07) is 0. The van der Waals surface area contributed by atoms with Crippen LogP contribution in [0.25, 0.3) is 0 Å². The molecule has 0 aromatic rings. The molecular weight excluding hydrogens is 222 g/mol. The largest absolute Gasteiger partial charge is 0.363 e. The first-order valence-electron chi connectivity index (χ1n) is 8.14. The maximum atomic E-state index is 5.83. The van der Waals surface area contributed by atoms with Crippen LogP contribution in [0, 0.1) is 0 Å². The summed E-state index contributed by atoms with van der Waals surface area (Å²) in [5.41, 5.74) is 0. The van der Waals surface area contributed by atoms with Crippen molar-refractivity contribution in [2.45, 2.75) is 90.7 Å². The molecule has 1 unspecified atom stereocenters. The van der Waals surface area contributed by atoms with Gasteiger partial charge in [-0.2, -0.15) is 0 Å².